The van der Waals surface area contributed by atoms with Crippen molar-refractivity contribution in [1.29, 1.82) is 0 Å². The number of ketones is 1. The smallest absolute Gasteiger partial charge is 0.414 e. The van der Waals surface area contributed by atoms with Gasteiger partial charge in [-0.2, -0.15) is 0 Å². The number of carbonyl (C=O) groups excluding carboxylic acids is 1. The van der Waals surface area contributed by atoms with Crippen LogP contribution < -0.4 is 18.9 Å². The minimum absolute atomic E-state index is 0. The van der Waals surface area contributed by atoms with E-state index >= 15 is 0 Å². The summed E-state index contributed by atoms with van der Waals surface area (Å²) >= 11 is 0. The van der Waals surface area contributed by atoms with Crippen LogP contribution in [0.15, 0.2) is 0 Å². The van der Waals surface area contributed by atoms with E-state index in [4.69, 9.17) is 36.7 Å². The Hall–Kier alpha value is 0.775. The van der Waals surface area contributed by atoms with Crippen LogP contribution in [0.4, 0.5) is 0 Å². The van der Waals surface area contributed by atoms with Crippen LogP contribution in [0.25, 0.3) is 0 Å². The number of rotatable bonds is 8. The molecule has 10 nitrogen and oxygen atoms in total. The molecular formula is C70H131LiO10Si4. The molecule has 9 unspecified atom stereocenters. The Bertz CT molecular complexity index is 2420. The van der Waals surface area contributed by atoms with E-state index in [0.717, 1.165) is 51.4 Å². The maximum atomic E-state index is 14.5. The zero-order valence-corrected chi connectivity index (χ0v) is 64.8. The van der Waals surface area contributed by atoms with Crippen LogP contribution in [0.5, 0.6) is 0 Å². The Labute approximate surface area is 538 Å². The van der Waals surface area contributed by atoms with Crippen LogP contribution in [-0.2, 0) is 41.4 Å². The Balaban J connectivity index is 0.000000238. The zero-order valence-electron chi connectivity index (χ0n) is 60.8. The third kappa shape index (κ3) is 12.1. The summed E-state index contributed by atoms with van der Waals surface area (Å²) in [4.78, 5) is 14.5. The maximum Gasteiger partial charge on any atom is 1.00 e. The molecule has 21 atom stereocenters. The molecule has 0 amide bonds. The topological polar surface area (TPSA) is 111 Å². The first kappa shape index (κ1) is 73.2. The van der Waals surface area contributed by atoms with Crippen molar-refractivity contribution in [1.82, 2.24) is 0 Å². The standard InChI is InChI=1S/C35H66O5Si2.C34H62O5Si2.CH3.Li/c1-30(2,3)41(12,13)39-22-20-25-28-29(38-32(7,8)37-28)27-23-16-17-26(40-42(14,15)31(4,5)6)33(23,9)19-18-24(27)35(25,11)34(10,36)21-22;1-30(2,3)40(11,12)38-21-19-24-28-29(37-32(7,8)36-28)27-22-15-16-26(39-41(13,14)31(4,5)6)33(22,9)18-17-23(27)34(24,10)25(35)20-21;;/h22-29,36H,16-21H2,1-15H3;21-24,26-29H,15-20H2,1-14H3;1H3;/q;;-1;+1/t22-,23?,24?,25?,26+,27?,28-,29-,33+,34?,35-;21-,22?,23?,24?,26+,27?,28-,29-,33+,34-;;/m11../s1. The van der Waals surface area contributed by atoms with Crippen molar-refractivity contribution in [3.63, 3.8) is 0 Å². The predicted octanol–water partition coefficient (Wildman–Crippen LogP) is 15.1. The molecule has 1 N–H and O–H groups in total. The molecule has 10 fully saturated rings. The second-order valence-electron chi connectivity index (χ2n) is 38.0. The van der Waals surface area contributed by atoms with Gasteiger partial charge < -0.3 is 49.2 Å². The number of fused-ring (bicyclic) bond motifs is 16. The molecule has 2 heterocycles. The number of aliphatic hydroxyl groups is 1. The van der Waals surface area contributed by atoms with Crippen LogP contribution in [0.3, 0.4) is 0 Å². The summed E-state index contributed by atoms with van der Waals surface area (Å²) < 4.78 is 56.0. The van der Waals surface area contributed by atoms with Gasteiger partial charge in [-0.05, 0) is 224 Å². The number of Topliss-reactive ketones (excluding diaryl/α,β-unsaturated/α-hetero) is 1. The average molecular weight is 1250 g/mol. The van der Waals surface area contributed by atoms with Crippen molar-refractivity contribution in [3.8, 4) is 0 Å². The van der Waals surface area contributed by atoms with Crippen molar-refractivity contribution in [2.45, 2.75) is 361 Å². The fraction of sp³-hybridized carbons (Fsp3) is 0.971. The molecule has 0 aromatic rings. The van der Waals surface area contributed by atoms with E-state index in [2.05, 4.69) is 198 Å². The van der Waals surface area contributed by atoms with Gasteiger partial charge in [-0.25, -0.2) is 0 Å². The Morgan fingerprint density at radius 3 is 1.20 bits per heavy atom. The molecule has 0 spiro atoms. The van der Waals surface area contributed by atoms with Crippen molar-refractivity contribution in [2.75, 3.05) is 0 Å². The van der Waals surface area contributed by atoms with E-state index in [1.165, 1.54) is 12.8 Å². The molecule has 0 aromatic carbocycles. The molecule has 2 saturated heterocycles. The molecule has 8 aliphatic carbocycles. The van der Waals surface area contributed by atoms with Gasteiger partial charge in [0.25, 0.3) is 0 Å². The maximum absolute atomic E-state index is 14.5. The summed E-state index contributed by atoms with van der Waals surface area (Å²) in [6.45, 7) is 67.1. The summed E-state index contributed by atoms with van der Waals surface area (Å²) in [6, 6.07) is 0. The monoisotopic (exact) mass is 1250 g/mol. The second-order valence-corrected chi connectivity index (χ2v) is 57.1. The third-order valence-electron chi connectivity index (χ3n) is 28.3. The molecule has 0 radical (unpaired) electrons. The Morgan fingerprint density at radius 1 is 0.447 bits per heavy atom. The van der Waals surface area contributed by atoms with E-state index < -0.39 is 50.4 Å². The molecular weight excluding hydrogens is 1120 g/mol. The van der Waals surface area contributed by atoms with Crippen molar-refractivity contribution >= 4 is 39.1 Å². The number of hydrogen-bond donors (Lipinski definition) is 1. The summed E-state index contributed by atoms with van der Waals surface area (Å²) in [7, 11) is -7.80. The molecule has 2 aliphatic heterocycles. The van der Waals surface area contributed by atoms with Gasteiger partial charge in [-0.15, -0.1) is 0 Å². The minimum atomic E-state index is -2.00. The van der Waals surface area contributed by atoms with Gasteiger partial charge in [-0.3, -0.25) is 4.79 Å². The first-order valence-corrected chi connectivity index (χ1v) is 45.5. The van der Waals surface area contributed by atoms with Gasteiger partial charge in [0.1, 0.15) is 5.78 Å². The van der Waals surface area contributed by atoms with Gasteiger partial charge in [0.2, 0.25) is 0 Å². The van der Waals surface area contributed by atoms with Gasteiger partial charge in [-0.1, -0.05) is 111 Å². The Morgan fingerprint density at radius 2 is 0.788 bits per heavy atom. The Kier molecular flexibility index (Phi) is 19.6. The largest absolute Gasteiger partial charge is 1.00 e. The molecule has 0 bridgehead atoms. The summed E-state index contributed by atoms with van der Waals surface area (Å²) in [6.07, 6.45) is 12.8. The average Bonchev–Trinajstić information content (AvgIpc) is 1.69. The SMILES string of the molecule is CC1(C)O[C@@H]2C3C(CC[C@@]4(C)C3CC[C@@H]4O[Si](C)(C)C(C)(C)C)[C@@]3(C)C(=O)C[C@H](O[Si](C)(C)C(C)(C)C)CC3[C@H]2O1.CC1(C)O[C@@H]2C3C(CC[C@@]4(C)C3CC[C@@H]4O[Si](C)(C)C(C)(C)C)[C@]3(C)C(C[C@@H](O[Si](C)(C)C(C)(C)C)CC3(C)O)[C@H]2O1.[CH3-].[Li+]. The zero-order chi connectivity index (χ0) is 62.5. The number of ether oxygens (including phenoxy) is 4. The van der Waals surface area contributed by atoms with E-state index in [9.17, 15) is 9.90 Å². The molecule has 15 heteroatoms. The van der Waals surface area contributed by atoms with Crippen LogP contribution in [0.1, 0.15) is 222 Å². The first-order chi connectivity index (χ1) is 37.2. The van der Waals surface area contributed by atoms with E-state index in [-0.39, 0.29) is 123 Å². The van der Waals surface area contributed by atoms with E-state index in [0.29, 0.717) is 60.2 Å². The van der Waals surface area contributed by atoms with Crippen molar-refractivity contribution in [2.24, 2.45) is 69.0 Å². The van der Waals surface area contributed by atoms with Crippen LogP contribution in [0, 0.1) is 76.4 Å². The summed E-state index contributed by atoms with van der Waals surface area (Å²) in [5, 5.41) is 13.2. The predicted molar refractivity (Wildman–Crippen MR) is 354 cm³/mol. The fourth-order valence-corrected chi connectivity index (χ4v) is 24.9. The quantitative estimate of drug-likeness (QED) is 0.186. The second kappa shape index (κ2) is 22.7. The molecule has 8 saturated carbocycles. The molecule has 488 valence electrons. The summed E-state index contributed by atoms with van der Waals surface area (Å²) in [5.41, 5.74) is -1.23. The molecule has 85 heavy (non-hydrogen) atoms. The minimum Gasteiger partial charge on any atom is -0.414 e. The van der Waals surface area contributed by atoms with Crippen molar-refractivity contribution < 1.29 is 65.4 Å². The van der Waals surface area contributed by atoms with Gasteiger partial charge in [0.05, 0.1) is 48.3 Å². The van der Waals surface area contributed by atoms with Gasteiger partial charge in [0.15, 0.2) is 44.8 Å². The van der Waals surface area contributed by atoms with E-state index in [1.807, 2.05) is 0 Å². The van der Waals surface area contributed by atoms with Gasteiger partial charge >= 0.3 is 18.9 Å². The van der Waals surface area contributed by atoms with Crippen molar-refractivity contribution in [3.05, 3.63) is 7.43 Å². The molecule has 10 rings (SSSR count). The van der Waals surface area contributed by atoms with Crippen LogP contribution >= 0.6 is 0 Å². The first-order valence-electron chi connectivity index (χ1n) is 33.9. The van der Waals surface area contributed by atoms with Gasteiger partial charge in [0, 0.05) is 35.7 Å². The molecule has 10 aliphatic rings. The summed E-state index contributed by atoms with van der Waals surface area (Å²) in [5.74, 6) is 1.94. The van der Waals surface area contributed by atoms with Crippen LogP contribution in [-0.4, -0.2) is 110 Å². The third-order valence-corrected chi connectivity index (χ3v) is 46.3. The molecule has 0 aromatic heterocycles. The normalized spacial score (nSPS) is 45.0. The number of carbonyl (C=O) groups is 1. The van der Waals surface area contributed by atoms with Crippen LogP contribution in [0.2, 0.25) is 72.5 Å². The van der Waals surface area contributed by atoms with E-state index in [1.54, 1.807) is 0 Å². The number of hydrogen-bond acceptors (Lipinski definition) is 10. The fourth-order valence-electron chi connectivity index (χ4n) is 19.3.